The topological polar surface area (TPSA) is 91.0 Å². The van der Waals surface area contributed by atoms with Gasteiger partial charge in [-0.05, 0) is 54.7 Å². The lowest BCUT2D eigenvalue weighted by Gasteiger charge is -2.31. The molecular formula is C27H38N4O4S. The van der Waals surface area contributed by atoms with Gasteiger partial charge in [-0.2, -0.15) is 11.8 Å². The zero-order chi connectivity index (χ0) is 25.9. The molecule has 1 fully saturated rings. The second-order valence-electron chi connectivity index (χ2n) is 9.15. The predicted octanol–water partition coefficient (Wildman–Crippen LogP) is 2.26. The van der Waals surface area contributed by atoms with Gasteiger partial charge in [0.1, 0.15) is 6.04 Å². The van der Waals surface area contributed by atoms with Crippen molar-refractivity contribution in [3.8, 4) is 0 Å². The second kappa shape index (κ2) is 14.2. The molecule has 1 heterocycles. The van der Waals surface area contributed by atoms with Gasteiger partial charge in [-0.25, -0.2) is 4.79 Å². The molecule has 0 saturated carbocycles. The molecule has 196 valence electrons. The number of nitrogens with one attached hydrogen (secondary N) is 2. The molecule has 3 rings (SSSR count). The first-order valence-corrected chi connectivity index (χ1v) is 13.8. The molecule has 9 heteroatoms. The van der Waals surface area contributed by atoms with Crippen LogP contribution in [0.2, 0.25) is 0 Å². The summed E-state index contributed by atoms with van der Waals surface area (Å²) in [6.07, 6.45) is 4.33. The molecule has 1 unspecified atom stereocenters. The van der Waals surface area contributed by atoms with Gasteiger partial charge in [0.05, 0.1) is 20.2 Å². The number of hydrogen-bond donors (Lipinski definition) is 2. The van der Waals surface area contributed by atoms with Gasteiger partial charge in [-0.3, -0.25) is 14.5 Å². The number of thioether (sulfide) groups is 1. The van der Waals surface area contributed by atoms with E-state index in [0.717, 1.165) is 41.5 Å². The maximum Gasteiger partial charge on any atom is 0.328 e. The fourth-order valence-corrected chi connectivity index (χ4v) is 5.30. The molecule has 2 atom stereocenters. The van der Waals surface area contributed by atoms with Crippen LogP contribution >= 0.6 is 11.8 Å². The number of hydrogen-bond acceptors (Lipinski definition) is 7. The molecule has 0 bridgehead atoms. The summed E-state index contributed by atoms with van der Waals surface area (Å²) in [4.78, 5) is 42.0. The molecule has 2 amide bonds. The van der Waals surface area contributed by atoms with Crippen LogP contribution in [0, 0.1) is 0 Å². The van der Waals surface area contributed by atoms with Crippen LogP contribution in [0.3, 0.4) is 0 Å². The summed E-state index contributed by atoms with van der Waals surface area (Å²) in [5, 5.41) is 8.12. The molecule has 0 spiro atoms. The van der Waals surface area contributed by atoms with Gasteiger partial charge in [0.25, 0.3) is 0 Å². The van der Waals surface area contributed by atoms with Crippen molar-refractivity contribution in [1.29, 1.82) is 0 Å². The van der Waals surface area contributed by atoms with Crippen molar-refractivity contribution >= 4 is 40.3 Å². The summed E-state index contributed by atoms with van der Waals surface area (Å²) in [5.41, 5.74) is 1.12. The van der Waals surface area contributed by atoms with Gasteiger partial charge >= 0.3 is 5.97 Å². The van der Waals surface area contributed by atoms with E-state index in [9.17, 15) is 14.4 Å². The minimum atomic E-state index is -0.672. The van der Waals surface area contributed by atoms with Gasteiger partial charge in [0.2, 0.25) is 11.8 Å². The number of amides is 2. The van der Waals surface area contributed by atoms with E-state index in [1.807, 2.05) is 29.4 Å². The largest absolute Gasteiger partial charge is 0.467 e. The Kier molecular flexibility index (Phi) is 11.0. The van der Waals surface area contributed by atoms with E-state index < -0.39 is 12.0 Å². The van der Waals surface area contributed by atoms with Gasteiger partial charge in [0.15, 0.2) is 0 Å². The first kappa shape index (κ1) is 28.0. The maximum atomic E-state index is 13.1. The number of ether oxygens (including phenoxy) is 1. The van der Waals surface area contributed by atoms with Crippen molar-refractivity contribution in [2.24, 2.45) is 0 Å². The number of nitrogens with zero attached hydrogens (tertiary/aromatic N) is 2. The lowest BCUT2D eigenvalue weighted by Crippen LogP contribution is -2.49. The number of esters is 1. The highest BCUT2D eigenvalue weighted by Gasteiger charge is 2.31. The van der Waals surface area contributed by atoms with Gasteiger partial charge in [-0.1, -0.05) is 42.5 Å². The Balaban J connectivity index is 1.79. The van der Waals surface area contributed by atoms with E-state index >= 15 is 0 Å². The Bertz CT molecular complexity index is 1030. The number of fused-ring (bicyclic) bond motifs is 1. The first-order chi connectivity index (χ1) is 17.5. The van der Waals surface area contributed by atoms with Crippen molar-refractivity contribution in [1.82, 2.24) is 20.4 Å². The maximum absolute atomic E-state index is 13.1. The molecule has 1 aliphatic rings. The van der Waals surface area contributed by atoms with Crippen LogP contribution in [0.5, 0.6) is 0 Å². The summed E-state index contributed by atoms with van der Waals surface area (Å²) >= 11 is 1.62. The molecule has 1 saturated heterocycles. The second-order valence-corrected chi connectivity index (χ2v) is 10.1. The molecule has 1 aliphatic heterocycles. The van der Waals surface area contributed by atoms with Gasteiger partial charge in [0, 0.05) is 25.7 Å². The standard InChI is InChI=1S/C27H38N4O4S/c1-28-16-26(33)31-14-7-11-22(31)18-30(17-21-10-6-9-20-8-4-5-12-23(20)21)19-25(32)29-24(13-15-36-3)27(34)35-2/h4-6,8-10,12,22,24,28H,7,11,13-19H2,1-3H3,(H,29,32)/t22-,24?/m0/s1. The fraction of sp³-hybridized carbons (Fsp3) is 0.519. The number of benzene rings is 2. The van der Waals surface area contributed by atoms with Crippen LogP contribution in [0.25, 0.3) is 10.8 Å². The summed E-state index contributed by atoms with van der Waals surface area (Å²) in [6.45, 7) is 2.31. The van der Waals surface area contributed by atoms with E-state index in [2.05, 4.69) is 39.8 Å². The number of likely N-dealkylation sites (N-methyl/N-ethyl adjacent to an activating group) is 1. The number of carbonyl (C=O) groups is 3. The van der Waals surface area contributed by atoms with Crippen LogP contribution in [0.15, 0.2) is 42.5 Å². The predicted molar refractivity (Wildman–Crippen MR) is 145 cm³/mol. The highest BCUT2D eigenvalue weighted by atomic mass is 32.2. The zero-order valence-electron chi connectivity index (χ0n) is 21.5. The quantitative estimate of drug-likeness (QED) is 0.396. The molecule has 2 aromatic rings. The molecule has 0 aromatic heterocycles. The molecule has 0 radical (unpaired) electrons. The van der Waals surface area contributed by atoms with Crippen molar-refractivity contribution in [3.63, 3.8) is 0 Å². The highest BCUT2D eigenvalue weighted by molar-refractivity contribution is 7.98. The number of likely N-dealkylation sites (tertiary alicyclic amines) is 1. The average Bonchev–Trinajstić information content (AvgIpc) is 3.34. The summed E-state index contributed by atoms with van der Waals surface area (Å²) < 4.78 is 4.90. The average molecular weight is 515 g/mol. The molecule has 2 aromatic carbocycles. The number of methoxy groups -OCH3 is 1. The third-order valence-electron chi connectivity index (χ3n) is 6.57. The first-order valence-electron chi connectivity index (χ1n) is 12.5. The van der Waals surface area contributed by atoms with Crippen molar-refractivity contribution in [2.75, 3.05) is 52.3 Å². The van der Waals surface area contributed by atoms with Crippen LogP contribution in [-0.4, -0.2) is 92.0 Å². The Morgan fingerprint density at radius 2 is 1.97 bits per heavy atom. The zero-order valence-corrected chi connectivity index (χ0v) is 22.3. The lowest BCUT2D eigenvalue weighted by molar-refractivity contribution is -0.145. The third kappa shape index (κ3) is 7.69. The Morgan fingerprint density at radius 3 is 2.72 bits per heavy atom. The summed E-state index contributed by atoms with van der Waals surface area (Å²) in [7, 11) is 3.11. The molecule has 0 aliphatic carbocycles. The van der Waals surface area contributed by atoms with Crippen LogP contribution in [0.4, 0.5) is 0 Å². The minimum Gasteiger partial charge on any atom is -0.467 e. The molecular weight excluding hydrogens is 476 g/mol. The van der Waals surface area contributed by atoms with Gasteiger partial charge in [-0.15, -0.1) is 0 Å². The SMILES string of the molecule is CNCC(=O)N1CCC[C@H]1CN(CC(=O)NC(CCSC)C(=O)OC)Cc1cccc2ccccc12. The summed E-state index contributed by atoms with van der Waals surface area (Å²) in [6, 6.07) is 13.8. The lowest BCUT2D eigenvalue weighted by atomic mass is 10.0. The van der Waals surface area contributed by atoms with E-state index in [4.69, 9.17) is 4.74 Å². The number of rotatable bonds is 13. The van der Waals surface area contributed by atoms with E-state index in [0.29, 0.717) is 26.1 Å². The van der Waals surface area contributed by atoms with Crippen molar-refractivity contribution in [3.05, 3.63) is 48.0 Å². The molecule has 2 N–H and O–H groups in total. The fourth-order valence-electron chi connectivity index (χ4n) is 4.83. The van der Waals surface area contributed by atoms with Crippen molar-refractivity contribution in [2.45, 2.75) is 37.9 Å². The Morgan fingerprint density at radius 1 is 1.19 bits per heavy atom. The van der Waals surface area contributed by atoms with Crippen LogP contribution in [0.1, 0.15) is 24.8 Å². The third-order valence-corrected chi connectivity index (χ3v) is 7.21. The van der Waals surface area contributed by atoms with Crippen molar-refractivity contribution < 1.29 is 19.1 Å². The smallest absolute Gasteiger partial charge is 0.328 e. The summed E-state index contributed by atoms with van der Waals surface area (Å²) in [5.74, 6) is 0.164. The van der Waals surface area contributed by atoms with Crippen LogP contribution in [-0.2, 0) is 25.7 Å². The monoisotopic (exact) mass is 514 g/mol. The Labute approximate surface area is 218 Å². The van der Waals surface area contributed by atoms with E-state index in [-0.39, 0.29) is 24.4 Å². The Hall–Kier alpha value is -2.62. The van der Waals surface area contributed by atoms with E-state index in [1.54, 1.807) is 18.8 Å². The minimum absolute atomic E-state index is 0.0431. The van der Waals surface area contributed by atoms with Gasteiger partial charge < -0.3 is 20.3 Å². The number of carbonyl (C=O) groups excluding carboxylic acids is 3. The molecule has 8 nitrogen and oxygen atoms in total. The van der Waals surface area contributed by atoms with Crippen LogP contribution < -0.4 is 10.6 Å². The molecule has 36 heavy (non-hydrogen) atoms. The van der Waals surface area contributed by atoms with E-state index in [1.165, 1.54) is 7.11 Å². The normalized spacial score (nSPS) is 16.3. The highest BCUT2D eigenvalue weighted by Crippen LogP contribution is 2.23.